The SMILES string of the molecule is CC(C)(C)C(=O)NCCNCC(O)COc1ccccc1. The summed E-state index contributed by atoms with van der Waals surface area (Å²) in [4.78, 5) is 11.6. The predicted molar refractivity (Wildman–Crippen MR) is 83.3 cm³/mol. The van der Waals surface area contributed by atoms with Crippen LogP contribution in [0.3, 0.4) is 0 Å². The van der Waals surface area contributed by atoms with Crippen molar-refractivity contribution in [1.29, 1.82) is 0 Å². The lowest BCUT2D eigenvalue weighted by molar-refractivity contribution is -0.128. The molecule has 1 unspecified atom stereocenters. The molecule has 21 heavy (non-hydrogen) atoms. The first kappa shape index (κ1) is 17.5. The van der Waals surface area contributed by atoms with Gasteiger partial charge in [-0.2, -0.15) is 0 Å². The first-order chi connectivity index (χ1) is 9.89. The van der Waals surface area contributed by atoms with Crippen LogP contribution in [0.1, 0.15) is 20.8 Å². The lowest BCUT2D eigenvalue weighted by Gasteiger charge is -2.18. The van der Waals surface area contributed by atoms with Crippen molar-refractivity contribution in [3.63, 3.8) is 0 Å². The summed E-state index contributed by atoms with van der Waals surface area (Å²) in [7, 11) is 0. The minimum absolute atomic E-state index is 0.0252. The number of hydrogen-bond acceptors (Lipinski definition) is 4. The number of benzene rings is 1. The van der Waals surface area contributed by atoms with Crippen molar-refractivity contribution >= 4 is 5.91 Å². The number of nitrogens with one attached hydrogen (secondary N) is 2. The van der Waals surface area contributed by atoms with Crippen molar-refractivity contribution in [2.45, 2.75) is 26.9 Å². The first-order valence-corrected chi connectivity index (χ1v) is 7.24. The van der Waals surface area contributed by atoms with Gasteiger partial charge in [0, 0.05) is 25.0 Å². The average molecular weight is 294 g/mol. The number of ether oxygens (including phenoxy) is 1. The molecule has 1 aromatic rings. The molecule has 0 aliphatic rings. The number of aliphatic hydroxyl groups is 1. The van der Waals surface area contributed by atoms with Crippen molar-refractivity contribution in [3.05, 3.63) is 30.3 Å². The van der Waals surface area contributed by atoms with E-state index in [1.165, 1.54) is 0 Å². The lowest BCUT2D eigenvalue weighted by Crippen LogP contribution is -2.40. The van der Waals surface area contributed by atoms with Gasteiger partial charge in [0.05, 0.1) is 0 Å². The topological polar surface area (TPSA) is 70.6 Å². The van der Waals surface area contributed by atoms with Gasteiger partial charge in [-0.05, 0) is 12.1 Å². The van der Waals surface area contributed by atoms with Gasteiger partial charge in [0.2, 0.25) is 5.91 Å². The van der Waals surface area contributed by atoms with Crippen molar-refractivity contribution in [3.8, 4) is 5.75 Å². The van der Waals surface area contributed by atoms with Crippen molar-refractivity contribution in [1.82, 2.24) is 10.6 Å². The minimum Gasteiger partial charge on any atom is -0.491 e. The molecule has 1 rings (SSSR count). The molecular weight excluding hydrogens is 268 g/mol. The fourth-order valence-corrected chi connectivity index (χ4v) is 1.57. The van der Waals surface area contributed by atoms with E-state index in [2.05, 4.69) is 10.6 Å². The number of carbonyl (C=O) groups excluding carboxylic acids is 1. The van der Waals surface area contributed by atoms with Crippen LogP contribution in [0.4, 0.5) is 0 Å². The molecule has 5 nitrogen and oxygen atoms in total. The Morgan fingerprint density at radius 1 is 1.24 bits per heavy atom. The molecule has 0 aromatic heterocycles. The summed E-state index contributed by atoms with van der Waals surface area (Å²) in [6.45, 7) is 7.46. The van der Waals surface area contributed by atoms with Gasteiger partial charge < -0.3 is 20.5 Å². The molecule has 0 heterocycles. The van der Waals surface area contributed by atoms with Crippen LogP contribution in [-0.4, -0.2) is 43.4 Å². The second-order valence-corrected chi connectivity index (χ2v) is 5.99. The van der Waals surface area contributed by atoms with E-state index in [1.807, 2.05) is 51.1 Å². The molecule has 0 fully saturated rings. The quantitative estimate of drug-likeness (QED) is 0.630. The maximum atomic E-state index is 11.6. The average Bonchev–Trinajstić information content (AvgIpc) is 2.44. The fourth-order valence-electron chi connectivity index (χ4n) is 1.57. The fraction of sp³-hybridized carbons (Fsp3) is 0.562. The molecule has 3 N–H and O–H groups in total. The third-order valence-corrected chi connectivity index (χ3v) is 2.83. The van der Waals surface area contributed by atoms with Crippen LogP contribution in [-0.2, 0) is 4.79 Å². The van der Waals surface area contributed by atoms with Gasteiger partial charge in [-0.25, -0.2) is 0 Å². The second-order valence-electron chi connectivity index (χ2n) is 5.99. The van der Waals surface area contributed by atoms with E-state index in [0.29, 0.717) is 19.6 Å². The maximum absolute atomic E-state index is 11.6. The summed E-state index contributed by atoms with van der Waals surface area (Å²) in [5, 5.41) is 15.7. The Bertz CT molecular complexity index is 415. The molecule has 0 bridgehead atoms. The molecule has 1 atom stereocenters. The van der Waals surface area contributed by atoms with Gasteiger partial charge in [0.25, 0.3) is 0 Å². The van der Waals surface area contributed by atoms with E-state index in [1.54, 1.807) is 0 Å². The summed E-state index contributed by atoms with van der Waals surface area (Å²) < 4.78 is 5.45. The molecule has 0 spiro atoms. The van der Waals surface area contributed by atoms with Crippen molar-refractivity contribution in [2.24, 2.45) is 5.41 Å². The Morgan fingerprint density at radius 2 is 1.90 bits per heavy atom. The van der Waals surface area contributed by atoms with Crippen LogP contribution in [0.25, 0.3) is 0 Å². The maximum Gasteiger partial charge on any atom is 0.225 e. The standard InChI is InChI=1S/C16H26N2O3/c1-16(2,3)15(20)18-10-9-17-11-13(19)12-21-14-7-5-4-6-8-14/h4-8,13,17,19H,9-12H2,1-3H3,(H,18,20). The van der Waals surface area contributed by atoms with E-state index in [4.69, 9.17) is 4.74 Å². The molecule has 1 amide bonds. The highest BCUT2D eigenvalue weighted by molar-refractivity contribution is 5.81. The van der Waals surface area contributed by atoms with Gasteiger partial charge >= 0.3 is 0 Å². The Morgan fingerprint density at radius 3 is 2.52 bits per heavy atom. The molecule has 0 aliphatic heterocycles. The summed E-state index contributed by atoms with van der Waals surface area (Å²) >= 11 is 0. The van der Waals surface area contributed by atoms with Gasteiger partial charge in [0.1, 0.15) is 18.5 Å². The third-order valence-electron chi connectivity index (χ3n) is 2.83. The van der Waals surface area contributed by atoms with Crippen LogP contribution in [0.15, 0.2) is 30.3 Å². The van der Waals surface area contributed by atoms with E-state index >= 15 is 0 Å². The van der Waals surface area contributed by atoms with Gasteiger partial charge in [-0.15, -0.1) is 0 Å². The van der Waals surface area contributed by atoms with Crippen molar-refractivity contribution < 1.29 is 14.6 Å². The number of hydrogen-bond donors (Lipinski definition) is 3. The monoisotopic (exact) mass is 294 g/mol. The van der Waals surface area contributed by atoms with Crippen molar-refractivity contribution in [2.75, 3.05) is 26.2 Å². The molecule has 5 heteroatoms. The molecular formula is C16H26N2O3. The molecule has 0 saturated heterocycles. The highest BCUT2D eigenvalue weighted by atomic mass is 16.5. The number of rotatable bonds is 8. The summed E-state index contributed by atoms with van der Waals surface area (Å²) in [6.07, 6.45) is -0.580. The third kappa shape index (κ3) is 7.68. The molecule has 0 saturated carbocycles. The normalized spacial score (nSPS) is 12.8. The van der Waals surface area contributed by atoms with Crippen LogP contribution >= 0.6 is 0 Å². The van der Waals surface area contributed by atoms with E-state index in [0.717, 1.165) is 5.75 Å². The zero-order valence-corrected chi connectivity index (χ0v) is 13.1. The molecule has 0 radical (unpaired) electrons. The summed E-state index contributed by atoms with van der Waals surface area (Å²) in [6, 6.07) is 9.39. The van der Waals surface area contributed by atoms with E-state index in [-0.39, 0.29) is 17.9 Å². The van der Waals surface area contributed by atoms with Crippen LogP contribution in [0.5, 0.6) is 5.75 Å². The van der Waals surface area contributed by atoms with Crippen LogP contribution < -0.4 is 15.4 Å². The second kappa shape index (κ2) is 8.64. The summed E-state index contributed by atoms with van der Waals surface area (Å²) in [5.41, 5.74) is -0.372. The Labute approximate surface area is 126 Å². The van der Waals surface area contributed by atoms with Gasteiger partial charge in [0.15, 0.2) is 0 Å². The van der Waals surface area contributed by atoms with Gasteiger partial charge in [-0.1, -0.05) is 39.0 Å². The zero-order valence-electron chi connectivity index (χ0n) is 13.1. The smallest absolute Gasteiger partial charge is 0.225 e. The predicted octanol–water partition coefficient (Wildman–Crippen LogP) is 1.18. The van der Waals surface area contributed by atoms with E-state index < -0.39 is 6.10 Å². The highest BCUT2D eigenvalue weighted by Crippen LogP contribution is 2.11. The first-order valence-electron chi connectivity index (χ1n) is 7.24. The number of amides is 1. The number of carbonyl (C=O) groups is 1. The van der Waals surface area contributed by atoms with E-state index in [9.17, 15) is 9.90 Å². The molecule has 1 aromatic carbocycles. The number of aliphatic hydroxyl groups excluding tert-OH is 1. The minimum atomic E-state index is -0.580. The highest BCUT2D eigenvalue weighted by Gasteiger charge is 2.20. The summed E-state index contributed by atoms with van der Waals surface area (Å²) in [5.74, 6) is 0.770. The Balaban J connectivity index is 2.06. The Hall–Kier alpha value is -1.59. The lowest BCUT2D eigenvalue weighted by atomic mass is 9.96. The largest absolute Gasteiger partial charge is 0.491 e. The van der Waals surface area contributed by atoms with Crippen LogP contribution in [0, 0.1) is 5.41 Å². The Kier molecular flexibility index (Phi) is 7.19. The zero-order chi connectivity index (χ0) is 15.7. The number of para-hydroxylation sites is 1. The van der Waals surface area contributed by atoms with Crippen LogP contribution in [0.2, 0.25) is 0 Å². The molecule has 0 aliphatic carbocycles. The molecule has 118 valence electrons. The van der Waals surface area contributed by atoms with Gasteiger partial charge in [-0.3, -0.25) is 4.79 Å².